The molecule has 0 spiro atoms. The number of hydrogen-bond acceptors (Lipinski definition) is 10. The molecule has 0 bridgehead atoms. The lowest BCUT2D eigenvalue weighted by molar-refractivity contribution is 0.228. The van der Waals surface area contributed by atoms with Crippen molar-refractivity contribution in [3.05, 3.63) is 48.0 Å². The van der Waals surface area contributed by atoms with Crippen molar-refractivity contribution in [1.82, 2.24) is 30.6 Å². The molecular weight excluding hydrogens is 400 g/mol. The minimum atomic E-state index is 0.241. The standard InChI is InChI=1S/C20H22N8OS/c29-10-12-1-2-13(5-12)25-18-15(19-27-16-3-4-21-9-17(16)30-19)8-24-20(28-18)26-14-6-22-11-23-7-14/h3-4,6-7,9,11-13,25,29H,1-2,5,8,10H2,(H2,24,26,28). The van der Waals surface area contributed by atoms with Crippen molar-refractivity contribution in [2.24, 2.45) is 10.9 Å². The molecule has 0 amide bonds. The molecule has 2 atom stereocenters. The van der Waals surface area contributed by atoms with Gasteiger partial charge in [-0.25, -0.2) is 19.9 Å². The van der Waals surface area contributed by atoms with Crippen molar-refractivity contribution < 1.29 is 5.11 Å². The number of aliphatic imine (C=N–C) groups is 1. The minimum Gasteiger partial charge on any atom is -0.396 e. The number of nitrogens with one attached hydrogen (secondary N) is 3. The third-order valence-electron chi connectivity index (χ3n) is 5.36. The summed E-state index contributed by atoms with van der Waals surface area (Å²) in [6.45, 7) is 0.736. The summed E-state index contributed by atoms with van der Waals surface area (Å²) in [7, 11) is 0. The maximum Gasteiger partial charge on any atom is 0.201 e. The second kappa shape index (κ2) is 8.33. The van der Waals surface area contributed by atoms with Gasteiger partial charge in [0.1, 0.15) is 17.2 Å². The van der Waals surface area contributed by atoms with Crippen molar-refractivity contribution in [1.29, 1.82) is 0 Å². The van der Waals surface area contributed by atoms with Crippen LogP contribution in [0.4, 0.5) is 5.69 Å². The van der Waals surface area contributed by atoms with Gasteiger partial charge in [0.05, 0.1) is 34.8 Å². The molecule has 2 aliphatic rings. The fraction of sp³-hybridized carbons (Fsp3) is 0.350. The molecule has 3 aromatic rings. The zero-order valence-corrected chi connectivity index (χ0v) is 17.1. The van der Waals surface area contributed by atoms with Gasteiger partial charge in [-0.1, -0.05) is 0 Å². The third-order valence-corrected chi connectivity index (χ3v) is 6.43. The fourth-order valence-corrected chi connectivity index (χ4v) is 4.80. The molecule has 2 unspecified atom stereocenters. The number of aliphatic hydroxyl groups excluding tert-OH is 1. The first-order valence-corrected chi connectivity index (χ1v) is 10.7. The summed E-state index contributed by atoms with van der Waals surface area (Å²) in [6.07, 6.45) is 11.5. The number of rotatable bonds is 5. The van der Waals surface area contributed by atoms with Crippen molar-refractivity contribution in [2.45, 2.75) is 25.3 Å². The quantitative estimate of drug-likeness (QED) is 0.493. The summed E-state index contributed by atoms with van der Waals surface area (Å²) >= 11 is 1.61. The first-order valence-electron chi connectivity index (χ1n) is 9.93. The number of thiazole rings is 1. The van der Waals surface area contributed by atoms with Crippen LogP contribution < -0.4 is 16.0 Å². The lowest BCUT2D eigenvalue weighted by Gasteiger charge is -2.25. The predicted molar refractivity (Wildman–Crippen MR) is 117 cm³/mol. The van der Waals surface area contributed by atoms with Crippen molar-refractivity contribution >= 4 is 38.8 Å². The molecule has 9 nitrogen and oxygen atoms in total. The molecule has 1 saturated carbocycles. The Morgan fingerprint density at radius 2 is 2.07 bits per heavy atom. The van der Waals surface area contributed by atoms with E-state index in [4.69, 9.17) is 4.98 Å². The number of pyridine rings is 1. The first kappa shape index (κ1) is 18.9. The van der Waals surface area contributed by atoms with E-state index in [9.17, 15) is 5.11 Å². The molecule has 154 valence electrons. The van der Waals surface area contributed by atoms with E-state index in [2.05, 4.69) is 35.9 Å². The summed E-state index contributed by atoms with van der Waals surface area (Å²) in [6, 6.07) is 2.23. The van der Waals surface area contributed by atoms with Crippen LogP contribution in [0.2, 0.25) is 0 Å². The molecule has 4 N–H and O–H groups in total. The van der Waals surface area contributed by atoms with Crippen molar-refractivity contribution in [2.75, 3.05) is 18.5 Å². The van der Waals surface area contributed by atoms with Gasteiger partial charge >= 0.3 is 0 Å². The van der Waals surface area contributed by atoms with Gasteiger partial charge in [-0.3, -0.25) is 4.98 Å². The highest BCUT2D eigenvalue weighted by molar-refractivity contribution is 7.19. The Morgan fingerprint density at radius 3 is 2.87 bits per heavy atom. The Bertz CT molecular complexity index is 1060. The molecule has 1 aliphatic carbocycles. The van der Waals surface area contributed by atoms with E-state index in [-0.39, 0.29) is 6.61 Å². The zero-order chi connectivity index (χ0) is 20.3. The Labute approximate surface area is 177 Å². The van der Waals surface area contributed by atoms with Gasteiger partial charge in [0.2, 0.25) is 5.96 Å². The highest BCUT2D eigenvalue weighted by atomic mass is 32.1. The summed E-state index contributed by atoms with van der Waals surface area (Å²) < 4.78 is 1.05. The van der Waals surface area contributed by atoms with Gasteiger partial charge < -0.3 is 21.1 Å². The van der Waals surface area contributed by atoms with E-state index < -0.39 is 0 Å². The summed E-state index contributed by atoms with van der Waals surface area (Å²) in [5, 5.41) is 20.7. The summed E-state index contributed by atoms with van der Waals surface area (Å²) in [5.74, 6) is 1.90. The van der Waals surface area contributed by atoms with Crippen LogP contribution in [0.5, 0.6) is 0 Å². The predicted octanol–water partition coefficient (Wildman–Crippen LogP) is 1.97. The molecule has 0 saturated heterocycles. The second-order valence-corrected chi connectivity index (χ2v) is 8.49. The largest absolute Gasteiger partial charge is 0.396 e. The normalized spacial score (nSPS) is 21.4. The molecule has 0 aromatic carbocycles. The molecule has 1 fully saturated rings. The summed E-state index contributed by atoms with van der Waals surface area (Å²) in [5.41, 5.74) is 2.73. The Balaban J connectivity index is 1.42. The number of anilines is 1. The first-order chi connectivity index (χ1) is 14.8. The smallest absolute Gasteiger partial charge is 0.201 e. The van der Waals surface area contributed by atoms with Gasteiger partial charge in [-0.2, -0.15) is 0 Å². The van der Waals surface area contributed by atoms with Crippen molar-refractivity contribution in [3.8, 4) is 0 Å². The van der Waals surface area contributed by atoms with Gasteiger partial charge in [-0.05, 0) is 31.2 Å². The van der Waals surface area contributed by atoms with E-state index in [0.29, 0.717) is 24.5 Å². The van der Waals surface area contributed by atoms with Gasteiger partial charge in [0.25, 0.3) is 0 Å². The van der Waals surface area contributed by atoms with E-state index in [0.717, 1.165) is 51.6 Å². The van der Waals surface area contributed by atoms with Crippen LogP contribution in [0.25, 0.3) is 15.8 Å². The lowest BCUT2D eigenvalue weighted by Crippen LogP contribution is -2.42. The SMILES string of the molecule is OCC1CCC(NC2=C(c3nc4ccncc4s3)CN=C(Nc3cncnc3)N2)C1. The maximum atomic E-state index is 9.50. The highest BCUT2D eigenvalue weighted by Gasteiger charge is 2.27. The van der Waals surface area contributed by atoms with Gasteiger partial charge in [-0.15, -0.1) is 11.3 Å². The molecule has 5 rings (SSSR count). The monoisotopic (exact) mass is 422 g/mol. The van der Waals surface area contributed by atoms with Crippen LogP contribution in [-0.4, -0.2) is 50.2 Å². The number of guanidine groups is 1. The van der Waals surface area contributed by atoms with E-state index in [1.54, 1.807) is 29.9 Å². The molecule has 3 aromatic heterocycles. The maximum absolute atomic E-state index is 9.50. The van der Waals surface area contributed by atoms with Crippen LogP contribution in [0.15, 0.2) is 48.0 Å². The minimum absolute atomic E-state index is 0.241. The lowest BCUT2D eigenvalue weighted by atomic mass is 10.1. The van der Waals surface area contributed by atoms with E-state index in [1.165, 1.54) is 6.33 Å². The highest BCUT2D eigenvalue weighted by Crippen LogP contribution is 2.31. The number of aromatic nitrogens is 4. The van der Waals surface area contributed by atoms with Crippen molar-refractivity contribution in [3.63, 3.8) is 0 Å². The average Bonchev–Trinajstić information content (AvgIpc) is 3.41. The van der Waals surface area contributed by atoms with Gasteiger partial charge in [0.15, 0.2) is 0 Å². The molecule has 30 heavy (non-hydrogen) atoms. The van der Waals surface area contributed by atoms with Crippen LogP contribution in [0.3, 0.4) is 0 Å². The molecule has 10 heteroatoms. The molecule has 4 heterocycles. The van der Waals surface area contributed by atoms with E-state index in [1.807, 2.05) is 12.3 Å². The number of hydrogen-bond donors (Lipinski definition) is 4. The van der Waals surface area contributed by atoms with Crippen LogP contribution in [-0.2, 0) is 0 Å². The Hall–Kier alpha value is -3.11. The fourth-order valence-electron chi connectivity index (χ4n) is 3.82. The second-order valence-electron chi connectivity index (χ2n) is 7.46. The number of nitrogens with zero attached hydrogens (tertiary/aromatic N) is 5. The Kier molecular flexibility index (Phi) is 5.24. The average molecular weight is 423 g/mol. The topological polar surface area (TPSA) is 120 Å². The van der Waals surface area contributed by atoms with Crippen LogP contribution in [0.1, 0.15) is 24.3 Å². The number of aliphatic hydroxyl groups is 1. The van der Waals surface area contributed by atoms with E-state index >= 15 is 0 Å². The van der Waals surface area contributed by atoms with Gasteiger partial charge in [0, 0.05) is 30.6 Å². The molecular formula is C20H22N8OS. The van der Waals surface area contributed by atoms with Crippen LogP contribution >= 0.6 is 11.3 Å². The molecule has 1 aliphatic heterocycles. The number of fused-ring (bicyclic) bond motifs is 1. The third kappa shape index (κ3) is 3.96. The molecule has 0 radical (unpaired) electrons. The zero-order valence-electron chi connectivity index (χ0n) is 16.2. The van der Waals surface area contributed by atoms with Crippen LogP contribution in [0, 0.1) is 5.92 Å². The Morgan fingerprint density at radius 1 is 1.17 bits per heavy atom. The summed E-state index contributed by atoms with van der Waals surface area (Å²) in [4.78, 5) is 21.7.